The van der Waals surface area contributed by atoms with Crippen LogP contribution in [0.15, 0.2) is 12.1 Å². The van der Waals surface area contributed by atoms with Crippen LogP contribution >= 0.6 is 0 Å². The maximum Gasteiger partial charge on any atom is 0.0603 e. The van der Waals surface area contributed by atoms with E-state index in [-0.39, 0.29) is 0 Å². The molecule has 1 spiro atoms. The van der Waals surface area contributed by atoms with E-state index in [9.17, 15) is 0 Å². The molecule has 0 radical (unpaired) electrons. The van der Waals surface area contributed by atoms with Crippen molar-refractivity contribution in [2.24, 2.45) is 0 Å². The van der Waals surface area contributed by atoms with Gasteiger partial charge in [0, 0.05) is 13.6 Å². The first kappa shape index (κ1) is 10.9. The summed E-state index contributed by atoms with van der Waals surface area (Å²) in [6.45, 7) is 5.55. The average Bonchev–Trinajstić information content (AvgIpc) is 2.70. The van der Waals surface area contributed by atoms with Crippen molar-refractivity contribution in [3.8, 4) is 0 Å². The van der Waals surface area contributed by atoms with E-state index in [2.05, 4.69) is 43.2 Å². The second-order valence-electron chi connectivity index (χ2n) is 5.92. The van der Waals surface area contributed by atoms with Gasteiger partial charge in [-0.25, -0.2) is 0 Å². The van der Waals surface area contributed by atoms with Gasteiger partial charge in [-0.1, -0.05) is 12.8 Å². The molecule has 1 fully saturated rings. The van der Waals surface area contributed by atoms with E-state index in [1.165, 1.54) is 48.2 Å². The van der Waals surface area contributed by atoms with Gasteiger partial charge in [-0.3, -0.25) is 0 Å². The van der Waals surface area contributed by atoms with Crippen molar-refractivity contribution in [3.63, 3.8) is 0 Å². The molecule has 1 heterocycles. The summed E-state index contributed by atoms with van der Waals surface area (Å²) < 4.78 is 0. The summed E-state index contributed by atoms with van der Waals surface area (Å²) in [6, 6.07) is 4.64. The number of rotatable bonds is 0. The Kier molecular flexibility index (Phi) is 2.35. The van der Waals surface area contributed by atoms with Crippen LogP contribution in [0, 0.1) is 13.8 Å². The lowest BCUT2D eigenvalue weighted by Gasteiger charge is -2.43. The number of aryl methyl sites for hydroxylation is 2. The molecule has 0 unspecified atom stereocenters. The summed E-state index contributed by atoms with van der Waals surface area (Å²) >= 11 is 0. The van der Waals surface area contributed by atoms with Gasteiger partial charge in [0.15, 0.2) is 0 Å². The van der Waals surface area contributed by atoms with E-state index < -0.39 is 0 Å². The van der Waals surface area contributed by atoms with Crippen LogP contribution in [0.3, 0.4) is 0 Å². The summed E-state index contributed by atoms with van der Waals surface area (Å²) in [5, 5.41) is 3.83. The molecule has 0 aromatic heterocycles. The molecule has 0 amide bonds. The Morgan fingerprint density at radius 2 is 1.76 bits per heavy atom. The van der Waals surface area contributed by atoms with Crippen LogP contribution in [0.1, 0.15) is 36.8 Å². The molecule has 1 aliphatic carbocycles. The zero-order chi connectivity index (χ0) is 12.0. The van der Waals surface area contributed by atoms with E-state index in [4.69, 9.17) is 0 Å². The third-order valence-corrected chi connectivity index (χ3v) is 4.52. The predicted molar refractivity (Wildman–Crippen MR) is 74.0 cm³/mol. The monoisotopic (exact) mass is 230 g/mol. The van der Waals surface area contributed by atoms with Crippen LogP contribution in [0.5, 0.6) is 0 Å². The molecule has 3 rings (SSSR count). The number of hydrogen-bond acceptors (Lipinski definition) is 2. The molecule has 0 bridgehead atoms. The van der Waals surface area contributed by atoms with Crippen LogP contribution in [0.2, 0.25) is 0 Å². The molecule has 1 aromatic rings. The maximum atomic E-state index is 3.83. The average molecular weight is 230 g/mol. The Morgan fingerprint density at radius 1 is 1.12 bits per heavy atom. The SMILES string of the molecule is Cc1cc2c(cc1C)N(C)CC1(CCCC1)N2. The fourth-order valence-electron chi connectivity index (χ4n) is 3.42. The third kappa shape index (κ3) is 1.70. The highest BCUT2D eigenvalue weighted by atomic mass is 15.2. The highest BCUT2D eigenvalue weighted by molar-refractivity contribution is 5.75. The van der Waals surface area contributed by atoms with Crippen LogP contribution < -0.4 is 10.2 Å². The Hall–Kier alpha value is -1.18. The number of anilines is 2. The summed E-state index contributed by atoms with van der Waals surface area (Å²) in [5.74, 6) is 0. The summed E-state index contributed by atoms with van der Waals surface area (Å²) in [5.41, 5.74) is 5.83. The smallest absolute Gasteiger partial charge is 0.0603 e. The van der Waals surface area contributed by atoms with Crippen LogP contribution in [-0.4, -0.2) is 19.1 Å². The molecule has 2 nitrogen and oxygen atoms in total. The van der Waals surface area contributed by atoms with Crippen molar-refractivity contribution in [1.29, 1.82) is 0 Å². The van der Waals surface area contributed by atoms with Crippen molar-refractivity contribution in [2.75, 3.05) is 23.8 Å². The van der Waals surface area contributed by atoms with Gasteiger partial charge < -0.3 is 10.2 Å². The fraction of sp³-hybridized carbons (Fsp3) is 0.600. The maximum absolute atomic E-state index is 3.83. The van der Waals surface area contributed by atoms with Crippen molar-refractivity contribution < 1.29 is 0 Å². The number of fused-ring (bicyclic) bond motifs is 1. The first-order valence-corrected chi connectivity index (χ1v) is 6.70. The molecular weight excluding hydrogens is 208 g/mol. The van der Waals surface area contributed by atoms with E-state index in [0.29, 0.717) is 5.54 Å². The van der Waals surface area contributed by atoms with Gasteiger partial charge in [-0.05, 0) is 49.9 Å². The highest BCUT2D eigenvalue weighted by Crippen LogP contribution is 2.42. The Balaban J connectivity index is 2.03. The van der Waals surface area contributed by atoms with E-state index in [1.807, 2.05) is 0 Å². The molecule has 92 valence electrons. The molecule has 2 aliphatic rings. The minimum atomic E-state index is 0.351. The minimum absolute atomic E-state index is 0.351. The zero-order valence-corrected chi connectivity index (χ0v) is 11.1. The molecule has 0 saturated heterocycles. The van der Waals surface area contributed by atoms with Crippen LogP contribution in [0.25, 0.3) is 0 Å². The number of nitrogens with zero attached hydrogens (tertiary/aromatic N) is 1. The molecular formula is C15H22N2. The summed E-state index contributed by atoms with van der Waals surface area (Å²) in [7, 11) is 2.23. The second kappa shape index (κ2) is 3.66. The van der Waals surface area contributed by atoms with E-state index in [0.717, 1.165) is 6.54 Å². The zero-order valence-electron chi connectivity index (χ0n) is 11.1. The normalized spacial score (nSPS) is 21.5. The molecule has 1 saturated carbocycles. The quantitative estimate of drug-likeness (QED) is 0.734. The van der Waals surface area contributed by atoms with Gasteiger partial charge in [-0.2, -0.15) is 0 Å². The minimum Gasteiger partial charge on any atom is -0.376 e. The van der Waals surface area contributed by atoms with E-state index >= 15 is 0 Å². The lowest BCUT2D eigenvalue weighted by molar-refractivity contribution is 0.472. The van der Waals surface area contributed by atoms with Crippen molar-refractivity contribution in [2.45, 2.75) is 45.1 Å². The van der Waals surface area contributed by atoms with Crippen LogP contribution in [0.4, 0.5) is 11.4 Å². The third-order valence-electron chi connectivity index (χ3n) is 4.52. The highest BCUT2D eigenvalue weighted by Gasteiger charge is 2.38. The molecule has 2 heteroatoms. The van der Waals surface area contributed by atoms with E-state index in [1.54, 1.807) is 0 Å². The standard InChI is InChI=1S/C15H22N2/c1-11-8-13-14(9-12(11)2)17(3)10-15(16-13)6-4-5-7-15/h8-9,16H,4-7,10H2,1-3H3. The largest absolute Gasteiger partial charge is 0.376 e. The first-order chi connectivity index (χ1) is 8.10. The summed E-state index contributed by atoms with van der Waals surface area (Å²) in [6.07, 6.45) is 5.40. The molecule has 0 atom stereocenters. The summed E-state index contributed by atoms with van der Waals surface area (Å²) in [4.78, 5) is 2.43. The lowest BCUT2D eigenvalue weighted by atomic mass is 9.92. The van der Waals surface area contributed by atoms with Gasteiger partial charge >= 0.3 is 0 Å². The Morgan fingerprint density at radius 3 is 2.47 bits per heavy atom. The van der Waals surface area contributed by atoms with Gasteiger partial charge in [0.05, 0.1) is 16.9 Å². The predicted octanol–water partition coefficient (Wildman–Crippen LogP) is 3.48. The number of benzene rings is 1. The first-order valence-electron chi connectivity index (χ1n) is 6.70. The van der Waals surface area contributed by atoms with Gasteiger partial charge in [0.25, 0.3) is 0 Å². The second-order valence-corrected chi connectivity index (χ2v) is 5.92. The lowest BCUT2D eigenvalue weighted by Crippen LogP contribution is -2.49. The Labute approximate surface area is 104 Å². The molecule has 1 aliphatic heterocycles. The molecule has 1 N–H and O–H groups in total. The fourth-order valence-corrected chi connectivity index (χ4v) is 3.42. The van der Waals surface area contributed by atoms with Crippen LogP contribution in [-0.2, 0) is 0 Å². The molecule has 1 aromatic carbocycles. The van der Waals surface area contributed by atoms with Gasteiger partial charge in [-0.15, -0.1) is 0 Å². The number of likely N-dealkylation sites (N-methyl/N-ethyl adjacent to an activating group) is 1. The topological polar surface area (TPSA) is 15.3 Å². The molecule has 17 heavy (non-hydrogen) atoms. The van der Waals surface area contributed by atoms with Crippen molar-refractivity contribution >= 4 is 11.4 Å². The van der Waals surface area contributed by atoms with Crippen molar-refractivity contribution in [3.05, 3.63) is 23.3 Å². The van der Waals surface area contributed by atoms with Gasteiger partial charge in [0.2, 0.25) is 0 Å². The Bertz CT molecular complexity index is 444. The van der Waals surface area contributed by atoms with Crippen molar-refractivity contribution in [1.82, 2.24) is 0 Å². The van der Waals surface area contributed by atoms with Gasteiger partial charge in [0.1, 0.15) is 0 Å². The number of nitrogens with one attached hydrogen (secondary N) is 1. The number of hydrogen-bond donors (Lipinski definition) is 1.